The van der Waals surface area contributed by atoms with Gasteiger partial charge in [-0.15, -0.1) is 0 Å². The van der Waals surface area contributed by atoms with E-state index in [0.29, 0.717) is 32.5 Å². The fourth-order valence-corrected chi connectivity index (χ4v) is 5.02. The van der Waals surface area contributed by atoms with E-state index >= 15 is 0 Å². The molecule has 0 bridgehead atoms. The molecule has 1 amide bonds. The Morgan fingerprint density at radius 2 is 2.04 bits per heavy atom. The van der Waals surface area contributed by atoms with Crippen molar-refractivity contribution in [2.45, 2.75) is 71.8 Å². The third-order valence-electron chi connectivity index (χ3n) is 4.62. The lowest BCUT2D eigenvalue weighted by Crippen LogP contribution is -2.52. The van der Waals surface area contributed by atoms with E-state index in [2.05, 4.69) is 5.32 Å². The maximum Gasteiger partial charge on any atom is 0.238 e. The minimum Gasteiger partial charge on any atom is -0.374 e. The van der Waals surface area contributed by atoms with Crippen molar-refractivity contribution < 1.29 is 17.9 Å². The molecule has 0 radical (unpaired) electrons. The summed E-state index contributed by atoms with van der Waals surface area (Å²) in [6.07, 6.45) is 2.98. The number of benzene rings is 1. The molecule has 1 aromatic rings. The Morgan fingerprint density at radius 3 is 2.74 bits per heavy atom. The maximum absolute atomic E-state index is 12.7. The Hall–Kier alpha value is -1.44. The van der Waals surface area contributed by atoms with Crippen molar-refractivity contribution in [3.63, 3.8) is 0 Å². The third-order valence-corrected chi connectivity index (χ3v) is 6.69. The van der Waals surface area contributed by atoms with Gasteiger partial charge in [0.2, 0.25) is 15.9 Å². The molecule has 27 heavy (non-hydrogen) atoms. The maximum atomic E-state index is 12.7. The lowest BCUT2D eigenvalue weighted by atomic mass is 10.0. The van der Waals surface area contributed by atoms with Crippen LogP contribution in [0.1, 0.15) is 57.6 Å². The van der Waals surface area contributed by atoms with Crippen LogP contribution in [0.5, 0.6) is 0 Å². The monoisotopic (exact) mass is 396 g/mol. The molecule has 1 fully saturated rings. The molecule has 1 aromatic carbocycles. The number of rotatable bonds is 9. The SMILES string of the molecule is CCCS(=O)(=O)N1CCCCC1C(=O)NCc1cccc(COC(C)C)c1. The van der Waals surface area contributed by atoms with Gasteiger partial charge in [-0.3, -0.25) is 4.79 Å². The summed E-state index contributed by atoms with van der Waals surface area (Å²) in [5, 5.41) is 2.92. The fourth-order valence-electron chi connectivity index (χ4n) is 3.27. The molecule has 1 heterocycles. The first-order valence-electron chi connectivity index (χ1n) is 9.80. The second-order valence-corrected chi connectivity index (χ2v) is 9.38. The van der Waals surface area contributed by atoms with Gasteiger partial charge in [0.05, 0.1) is 18.5 Å². The Balaban J connectivity index is 1.98. The zero-order valence-corrected chi connectivity index (χ0v) is 17.4. The van der Waals surface area contributed by atoms with E-state index in [4.69, 9.17) is 4.74 Å². The van der Waals surface area contributed by atoms with Crippen LogP contribution in [0.2, 0.25) is 0 Å². The normalized spacial score (nSPS) is 18.6. The number of carbonyl (C=O) groups is 1. The molecule has 0 saturated carbocycles. The lowest BCUT2D eigenvalue weighted by molar-refractivity contribution is -0.125. The Bertz CT molecular complexity index is 718. The number of piperidine rings is 1. The highest BCUT2D eigenvalue weighted by atomic mass is 32.2. The molecular weight excluding hydrogens is 364 g/mol. The van der Waals surface area contributed by atoms with Gasteiger partial charge in [-0.05, 0) is 44.2 Å². The predicted molar refractivity (Wildman–Crippen MR) is 107 cm³/mol. The van der Waals surface area contributed by atoms with E-state index in [1.807, 2.05) is 45.0 Å². The second-order valence-electron chi connectivity index (χ2n) is 7.34. The first kappa shape index (κ1) is 21.9. The molecule has 7 heteroatoms. The molecule has 152 valence electrons. The van der Waals surface area contributed by atoms with Crippen LogP contribution in [-0.4, -0.2) is 43.1 Å². The van der Waals surface area contributed by atoms with Crippen LogP contribution < -0.4 is 5.32 Å². The number of amides is 1. The number of hydrogen-bond acceptors (Lipinski definition) is 4. The molecule has 1 aliphatic heterocycles. The summed E-state index contributed by atoms with van der Waals surface area (Å²) in [5.74, 6) is -0.118. The van der Waals surface area contributed by atoms with Crippen molar-refractivity contribution in [2.24, 2.45) is 0 Å². The van der Waals surface area contributed by atoms with Crippen molar-refractivity contribution in [3.8, 4) is 0 Å². The molecule has 1 aliphatic rings. The number of hydrogen-bond donors (Lipinski definition) is 1. The molecule has 2 rings (SSSR count). The van der Waals surface area contributed by atoms with Gasteiger partial charge in [-0.1, -0.05) is 37.6 Å². The topological polar surface area (TPSA) is 75.7 Å². The van der Waals surface area contributed by atoms with Gasteiger partial charge in [0.25, 0.3) is 0 Å². The van der Waals surface area contributed by atoms with Gasteiger partial charge in [0.15, 0.2) is 0 Å². The van der Waals surface area contributed by atoms with E-state index < -0.39 is 16.1 Å². The Labute approximate surface area is 163 Å². The van der Waals surface area contributed by atoms with E-state index in [-0.39, 0.29) is 17.8 Å². The van der Waals surface area contributed by atoms with Crippen molar-refractivity contribution in [1.82, 2.24) is 9.62 Å². The van der Waals surface area contributed by atoms with Crippen molar-refractivity contribution in [3.05, 3.63) is 35.4 Å². The van der Waals surface area contributed by atoms with Crippen molar-refractivity contribution >= 4 is 15.9 Å². The summed E-state index contributed by atoms with van der Waals surface area (Å²) in [6.45, 7) is 7.17. The standard InChI is InChI=1S/C20H32N2O4S/c1-4-12-27(24,25)22-11-6-5-10-19(22)20(23)21-14-17-8-7-9-18(13-17)15-26-16(2)3/h7-9,13,16,19H,4-6,10-12,14-15H2,1-3H3,(H,21,23). The van der Waals surface area contributed by atoms with Crippen LogP contribution >= 0.6 is 0 Å². The lowest BCUT2D eigenvalue weighted by Gasteiger charge is -2.33. The number of carbonyl (C=O) groups excluding carboxylic acids is 1. The summed E-state index contributed by atoms with van der Waals surface area (Å²) in [6, 6.07) is 7.30. The predicted octanol–water partition coefficient (Wildman–Crippen LogP) is 2.82. The van der Waals surface area contributed by atoms with Gasteiger partial charge in [-0.2, -0.15) is 4.31 Å². The number of ether oxygens (including phenoxy) is 1. The van der Waals surface area contributed by atoms with Crippen molar-refractivity contribution in [1.29, 1.82) is 0 Å². The smallest absolute Gasteiger partial charge is 0.238 e. The van der Waals surface area contributed by atoms with E-state index in [0.717, 1.165) is 24.0 Å². The number of nitrogens with one attached hydrogen (secondary N) is 1. The molecule has 1 saturated heterocycles. The summed E-state index contributed by atoms with van der Waals surface area (Å²) < 4.78 is 32.0. The molecule has 0 aliphatic carbocycles. The highest BCUT2D eigenvalue weighted by molar-refractivity contribution is 7.89. The first-order chi connectivity index (χ1) is 12.8. The van der Waals surface area contributed by atoms with Crippen LogP contribution in [0.15, 0.2) is 24.3 Å². The van der Waals surface area contributed by atoms with Crippen LogP contribution in [0.3, 0.4) is 0 Å². The summed E-state index contributed by atoms with van der Waals surface area (Å²) in [4.78, 5) is 12.7. The summed E-state index contributed by atoms with van der Waals surface area (Å²) in [7, 11) is -3.38. The Kier molecular flexibility index (Phi) is 8.26. The van der Waals surface area contributed by atoms with E-state index in [9.17, 15) is 13.2 Å². The summed E-state index contributed by atoms with van der Waals surface area (Å²) in [5.41, 5.74) is 2.03. The average molecular weight is 397 g/mol. The third kappa shape index (κ3) is 6.59. The van der Waals surface area contributed by atoms with Gasteiger partial charge in [0, 0.05) is 13.1 Å². The zero-order chi connectivity index (χ0) is 19.9. The highest BCUT2D eigenvalue weighted by Crippen LogP contribution is 2.21. The van der Waals surface area contributed by atoms with Gasteiger partial charge in [0.1, 0.15) is 6.04 Å². The molecule has 0 spiro atoms. The van der Waals surface area contributed by atoms with Crippen LogP contribution in [-0.2, 0) is 32.7 Å². The zero-order valence-electron chi connectivity index (χ0n) is 16.6. The minimum absolute atomic E-state index is 0.0919. The average Bonchev–Trinajstić information content (AvgIpc) is 2.65. The van der Waals surface area contributed by atoms with Gasteiger partial charge >= 0.3 is 0 Å². The fraction of sp³-hybridized carbons (Fsp3) is 0.650. The second kappa shape index (κ2) is 10.2. The van der Waals surface area contributed by atoms with Crippen molar-refractivity contribution in [2.75, 3.05) is 12.3 Å². The summed E-state index contributed by atoms with van der Waals surface area (Å²) >= 11 is 0. The number of sulfonamides is 1. The quantitative estimate of drug-likeness (QED) is 0.696. The molecular formula is C20H32N2O4S. The van der Waals surface area contributed by atoms with Gasteiger partial charge in [-0.25, -0.2) is 8.42 Å². The first-order valence-corrected chi connectivity index (χ1v) is 11.4. The molecule has 1 unspecified atom stereocenters. The van der Waals surface area contributed by atoms with Crippen LogP contribution in [0.25, 0.3) is 0 Å². The van der Waals surface area contributed by atoms with Crippen LogP contribution in [0.4, 0.5) is 0 Å². The Morgan fingerprint density at radius 1 is 1.30 bits per heavy atom. The largest absolute Gasteiger partial charge is 0.374 e. The highest BCUT2D eigenvalue weighted by Gasteiger charge is 2.35. The minimum atomic E-state index is -3.38. The molecule has 1 N–H and O–H groups in total. The van der Waals surface area contributed by atoms with E-state index in [1.54, 1.807) is 0 Å². The van der Waals surface area contributed by atoms with Crippen LogP contribution in [0, 0.1) is 0 Å². The number of nitrogens with zero attached hydrogens (tertiary/aromatic N) is 1. The molecule has 1 atom stereocenters. The molecule has 6 nitrogen and oxygen atoms in total. The van der Waals surface area contributed by atoms with E-state index in [1.165, 1.54) is 4.31 Å². The van der Waals surface area contributed by atoms with Gasteiger partial charge < -0.3 is 10.1 Å². The molecule has 0 aromatic heterocycles.